The van der Waals surface area contributed by atoms with Crippen LogP contribution in [0.1, 0.15) is 25.0 Å². The highest BCUT2D eigenvalue weighted by molar-refractivity contribution is 9.10. The normalized spacial score (nSPS) is 13.7. The van der Waals surface area contributed by atoms with Gasteiger partial charge in [-0.3, -0.25) is 4.90 Å². The molecule has 0 unspecified atom stereocenters. The van der Waals surface area contributed by atoms with Crippen molar-refractivity contribution in [3.63, 3.8) is 0 Å². The second kappa shape index (κ2) is 8.14. The lowest BCUT2D eigenvalue weighted by Crippen LogP contribution is -2.16. The summed E-state index contributed by atoms with van der Waals surface area (Å²) in [5.41, 5.74) is 7.52. The number of rotatable bonds is 3. The monoisotopic (exact) mass is 564 g/mol. The number of halogens is 1. The summed E-state index contributed by atoms with van der Waals surface area (Å²) in [6.07, 6.45) is 1.89. The predicted molar refractivity (Wildman–Crippen MR) is 168 cm³/mol. The smallest absolute Gasteiger partial charge is 0.137 e. The number of hydrogen-bond donors (Lipinski definition) is 0. The zero-order valence-corrected chi connectivity index (χ0v) is 23.3. The second-order valence-electron chi connectivity index (χ2n) is 10.9. The zero-order valence-electron chi connectivity index (χ0n) is 21.7. The van der Waals surface area contributed by atoms with Crippen LogP contribution in [0, 0.1) is 0 Å². The summed E-state index contributed by atoms with van der Waals surface area (Å²) in [5, 5.41) is 7.55. The summed E-state index contributed by atoms with van der Waals surface area (Å²) in [6.45, 7) is 4.67. The van der Waals surface area contributed by atoms with Crippen LogP contribution in [0.25, 0.3) is 43.4 Å². The molecule has 0 saturated heterocycles. The number of aromatic nitrogens is 1. The summed E-state index contributed by atoms with van der Waals surface area (Å²) in [5.74, 6) is 0.907. The molecule has 0 atom stereocenters. The highest BCUT2D eigenvalue weighted by Gasteiger charge is 2.38. The first-order chi connectivity index (χ1) is 19.0. The van der Waals surface area contributed by atoms with E-state index in [-0.39, 0.29) is 5.41 Å². The zero-order chi connectivity index (χ0) is 26.3. The van der Waals surface area contributed by atoms with E-state index in [1.165, 1.54) is 54.6 Å². The molecule has 6 aromatic carbocycles. The Morgan fingerprint density at radius 1 is 0.615 bits per heavy atom. The average molecular weight is 566 g/mol. The van der Waals surface area contributed by atoms with Crippen LogP contribution in [0.5, 0.6) is 0 Å². The average Bonchev–Trinajstić information content (AvgIpc) is 3.21. The molecule has 0 fully saturated rings. The van der Waals surface area contributed by atoms with Crippen LogP contribution < -0.4 is 4.90 Å². The summed E-state index contributed by atoms with van der Waals surface area (Å²) in [7, 11) is 0. The van der Waals surface area contributed by atoms with Gasteiger partial charge in [-0.1, -0.05) is 109 Å². The fourth-order valence-corrected chi connectivity index (χ4v) is 7.19. The van der Waals surface area contributed by atoms with E-state index >= 15 is 0 Å². The first kappa shape index (κ1) is 22.7. The summed E-state index contributed by atoms with van der Waals surface area (Å²) in [6, 6.07) is 39.6. The number of benzene rings is 6. The molecular weight excluding hydrogens is 540 g/mol. The van der Waals surface area contributed by atoms with Crippen molar-refractivity contribution in [2.45, 2.75) is 19.3 Å². The van der Waals surface area contributed by atoms with Crippen molar-refractivity contribution in [1.29, 1.82) is 0 Å². The Kier molecular flexibility index (Phi) is 4.75. The van der Waals surface area contributed by atoms with E-state index in [1.54, 1.807) is 0 Å². The van der Waals surface area contributed by atoms with E-state index in [0.29, 0.717) is 0 Å². The van der Waals surface area contributed by atoms with Gasteiger partial charge in [-0.25, -0.2) is 4.98 Å². The number of anilines is 3. The molecular formula is C36H25BrN2. The summed E-state index contributed by atoms with van der Waals surface area (Å²) >= 11 is 3.80. The molecule has 0 amide bonds. The third kappa shape index (κ3) is 3.11. The standard InChI is InChI=1S/C36H25BrN2/c1-36(2)27-9-4-3-8-24(27)35-28(36)10-7-11-31(35)39(32-12-5-6-21-38-32)30-20-16-23-13-17-25-29(37)19-15-22-14-18-26(30)34(23)33(22)25/h3-21H,1-2H3. The maximum Gasteiger partial charge on any atom is 0.137 e. The number of hydrogen-bond acceptors (Lipinski definition) is 2. The SMILES string of the molecule is CC1(C)c2ccccc2-c2c(N(c3ccccn3)c3ccc4ccc5c(Br)ccc6ccc3c4c65)cccc21. The Morgan fingerprint density at radius 2 is 1.31 bits per heavy atom. The van der Waals surface area contributed by atoms with E-state index < -0.39 is 0 Å². The van der Waals surface area contributed by atoms with Crippen LogP contribution >= 0.6 is 15.9 Å². The molecule has 7 aromatic rings. The van der Waals surface area contributed by atoms with Crippen molar-refractivity contribution in [3.05, 3.63) is 131 Å². The summed E-state index contributed by atoms with van der Waals surface area (Å²) < 4.78 is 1.12. The lowest BCUT2D eigenvalue weighted by molar-refractivity contribution is 0.660. The van der Waals surface area contributed by atoms with Crippen LogP contribution in [-0.2, 0) is 5.41 Å². The third-order valence-electron chi connectivity index (χ3n) is 8.53. The minimum absolute atomic E-state index is 0.0767. The van der Waals surface area contributed by atoms with Crippen LogP contribution in [-0.4, -0.2) is 4.98 Å². The first-order valence-corrected chi connectivity index (χ1v) is 14.1. The van der Waals surface area contributed by atoms with Crippen LogP contribution in [0.4, 0.5) is 17.2 Å². The molecule has 1 aromatic heterocycles. The Bertz CT molecular complexity index is 2060. The minimum atomic E-state index is -0.0767. The Labute approximate surface area is 236 Å². The molecule has 1 aliphatic rings. The summed E-state index contributed by atoms with van der Waals surface area (Å²) in [4.78, 5) is 7.25. The van der Waals surface area contributed by atoms with Crippen molar-refractivity contribution in [1.82, 2.24) is 4.98 Å². The fraction of sp³-hybridized carbons (Fsp3) is 0.0833. The second-order valence-corrected chi connectivity index (χ2v) is 11.8. The molecule has 1 heterocycles. The molecule has 8 rings (SSSR count). The van der Waals surface area contributed by atoms with E-state index in [1.807, 2.05) is 12.3 Å². The molecule has 0 aliphatic heterocycles. The molecule has 0 radical (unpaired) electrons. The third-order valence-corrected chi connectivity index (χ3v) is 9.23. The highest BCUT2D eigenvalue weighted by atomic mass is 79.9. The molecule has 0 bridgehead atoms. The van der Waals surface area contributed by atoms with Gasteiger partial charge in [0.1, 0.15) is 5.82 Å². The maximum atomic E-state index is 4.89. The van der Waals surface area contributed by atoms with E-state index in [9.17, 15) is 0 Å². The van der Waals surface area contributed by atoms with E-state index in [4.69, 9.17) is 4.98 Å². The van der Waals surface area contributed by atoms with E-state index in [2.05, 4.69) is 138 Å². The molecule has 3 heteroatoms. The van der Waals surface area contributed by atoms with Crippen molar-refractivity contribution in [2.24, 2.45) is 0 Å². The first-order valence-electron chi connectivity index (χ1n) is 13.3. The van der Waals surface area contributed by atoms with Gasteiger partial charge in [-0.05, 0) is 74.0 Å². The lowest BCUT2D eigenvalue weighted by atomic mass is 9.82. The molecule has 0 spiro atoms. The number of nitrogens with zero attached hydrogens (tertiary/aromatic N) is 2. The fourth-order valence-electron chi connectivity index (χ4n) is 6.73. The molecule has 0 saturated carbocycles. The van der Waals surface area contributed by atoms with Gasteiger partial charge in [0.25, 0.3) is 0 Å². The van der Waals surface area contributed by atoms with Gasteiger partial charge in [0.2, 0.25) is 0 Å². The Hall–Kier alpha value is -4.21. The molecule has 2 nitrogen and oxygen atoms in total. The van der Waals surface area contributed by atoms with Gasteiger partial charge < -0.3 is 0 Å². The van der Waals surface area contributed by atoms with Crippen molar-refractivity contribution in [2.75, 3.05) is 4.90 Å². The highest BCUT2D eigenvalue weighted by Crippen LogP contribution is 2.54. The van der Waals surface area contributed by atoms with Gasteiger partial charge in [-0.2, -0.15) is 0 Å². The van der Waals surface area contributed by atoms with Gasteiger partial charge in [0, 0.05) is 27.0 Å². The topological polar surface area (TPSA) is 16.1 Å². The van der Waals surface area contributed by atoms with Crippen LogP contribution in [0.15, 0.2) is 120 Å². The van der Waals surface area contributed by atoms with Crippen LogP contribution in [0.3, 0.4) is 0 Å². The Balaban J connectivity index is 1.49. The molecule has 0 N–H and O–H groups in total. The quantitative estimate of drug-likeness (QED) is 0.198. The number of pyridine rings is 1. The van der Waals surface area contributed by atoms with Crippen molar-refractivity contribution in [3.8, 4) is 11.1 Å². The van der Waals surface area contributed by atoms with Crippen LogP contribution in [0.2, 0.25) is 0 Å². The molecule has 1 aliphatic carbocycles. The van der Waals surface area contributed by atoms with E-state index in [0.717, 1.165) is 21.7 Å². The van der Waals surface area contributed by atoms with Crippen molar-refractivity contribution >= 4 is 65.4 Å². The van der Waals surface area contributed by atoms with Gasteiger partial charge >= 0.3 is 0 Å². The predicted octanol–water partition coefficient (Wildman–Crippen LogP) is 10.5. The molecule has 186 valence electrons. The van der Waals surface area contributed by atoms with Gasteiger partial charge in [0.15, 0.2) is 0 Å². The number of fused-ring (bicyclic) bond motifs is 3. The Morgan fingerprint density at radius 3 is 2.13 bits per heavy atom. The van der Waals surface area contributed by atoms with Gasteiger partial charge in [0.05, 0.1) is 11.4 Å². The minimum Gasteiger partial charge on any atom is -0.294 e. The van der Waals surface area contributed by atoms with Crippen molar-refractivity contribution < 1.29 is 0 Å². The largest absolute Gasteiger partial charge is 0.294 e. The van der Waals surface area contributed by atoms with Gasteiger partial charge in [-0.15, -0.1) is 0 Å². The maximum absolute atomic E-state index is 4.89. The lowest BCUT2D eigenvalue weighted by Gasteiger charge is -2.29. The molecule has 39 heavy (non-hydrogen) atoms.